The average Bonchev–Trinajstić information content (AvgIpc) is 2.98. The van der Waals surface area contributed by atoms with Crippen LogP contribution in [0.15, 0.2) is 42.5 Å². The molecule has 122 valence electrons. The first-order valence-corrected chi connectivity index (χ1v) is 7.53. The van der Waals surface area contributed by atoms with Crippen molar-refractivity contribution in [1.29, 1.82) is 0 Å². The number of nitrogens with one attached hydrogen (secondary N) is 2. The van der Waals surface area contributed by atoms with E-state index in [0.29, 0.717) is 5.82 Å². The minimum atomic E-state index is -0.632. The molecule has 8 heteroatoms. The minimum absolute atomic E-state index is 0.0487. The van der Waals surface area contributed by atoms with E-state index in [1.807, 2.05) is 24.3 Å². The lowest BCUT2D eigenvalue weighted by Gasteiger charge is -2.11. The predicted octanol–water partition coefficient (Wildman–Crippen LogP) is 3.62. The molecule has 0 unspecified atom stereocenters. The van der Waals surface area contributed by atoms with Crippen LogP contribution in [0.4, 0.5) is 5.69 Å². The molecule has 3 aromatic rings. The second-order valence-electron chi connectivity index (χ2n) is 5.25. The predicted molar refractivity (Wildman–Crippen MR) is 90.1 cm³/mol. The number of amides is 1. The molecule has 0 saturated carbocycles. The zero-order valence-corrected chi connectivity index (χ0v) is 13.4. The average molecular weight is 345 g/mol. The van der Waals surface area contributed by atoms with E-state index in [-0.39, 0.29) is 16.3 Å². The van der Waals surface area contributed by atoms with Crippen molar-refractivity contribution in [1.82, 2.24) is 15.3 Å². The normalized spacial score (nSPS) is 12.1. The fraction of sp³-hybridized carbons (Fsp3) is 0.125. The zero-order chi connectivity index (χ0) is 17.3. The van der Waals surface area contributed by atoms with Crippen LogP contribution in [0.1, 0.15) is 29.1 Å². The van der Waals surface area contributed by atoms with Crippen LogP contribution in [-0.4, -0.2) is 20.8 Å². The third kappa shape index (κ3) is 3.07. The number of rotatable bonds is 4. The molecule has 24 heavy (non-hydrogen) atoms. The molecule has 0 fully saturated rings. The van der Waals surface area contributed by atoms with Crippen molar-refractivity contribution in [2.24, 2.45) is 0 Å². The summed E-state index contributed by atoms with van der Waals surface area (Å²) in [6.45, 7) is 1.75. The van der Waals surface area contributed by atoms with Gasteiger partial charge < -0.3 is 10.3 Å². The Kier molecular flexibility index (Phi) is 4.18. The lowest BCUT2D eigenvalue weighted by atomic mass is 10.1. The molecule has 1 amide bonds. The van der Waals surface area contributed by atoms with Gasteiger partial charge in [0, 0.05) is 11.1 Å². The number of imidazole rings is 1. The van der Waals surface area contributed by atoms with Crippen LogP contribution in [-0.2, 0) is 0 Å². The van der Waals surface area contributed by atoms with E-state index in [1.54, 1.807) is 6.92 Å². The first-order valence-electron chi connectivity index (χ1n) is 7.15. The first-order chi connectivity index (χ1) is 11.5. The second-order valence-corrected chi connectivity index (χ2v) is 5.69. The number of para-hydroxylation sites is 2. The monoisotopic (exact) mass is 344 g/mol. The second kappa shape index (κ2) is 6.29. The van der Waals surface area contributed by atoms with Gasteiger partial charge in [0.1, 0.15) is 11.4 Å². The largest absolute Gasteiger partial charge is 0.342 e. The number of H-pyrrole nitrogens is 1. The summed E-state index contributed by atoms with van der Waals surface area (Å²) < 4.78 is 0. The molecular formula is C16H13ClN4O3. The highest BCUT2D eigenvalue weighted by Gasteiger charge is 2.23. The summed E-state index contributed by atoms with van der Waals surface area (Å²) >= 11 is 5.76. The molecule has 0 aliphatic rings. The van der Waals surface area contributed by atoms with E-state index in [1.165, 1.54) is 12.1 Å². The Balaban J connectivity index is 1.85. The molecule has 0 radical (unpaired) electrons. The number of fused-ring (bicyclic) bond motifs is 1. The maximum absolute atomic E-state index is 12.4. The van der Waals surface area contributed by atoms with E-state index >= 15 is 0 Å². The van der Waals surface area contributed by atoms with Crippen molar-refractivity contribution in [3.05, 3.63) is 69.0 Å². The molecule has 0 aliphatic carbocycles. The summed E-state index contributed by atoms with van der Waals surface area (Å²) in [4.78, 5) is 30.4. The number of hydrogen-bond acceptors (Lipinski definition) is 4. The van der Waals surface area contributed by atoms with Crippen LogP contribution in [0.5, 0.6) is 0 Å². The van der Waals surface area contributed by atoms with Gasteiger partial charge in [-0.1, -0.05) is 23.7 Å². The van der Waals surface area contributed by atoms with E-state index in [9.17, 15) is 14.9 Å². The van der Waals surface area contributed by atoms with E-state index in [4.69, 9.17) is 11.6 Å². The van der Waals surface area contributed by atoms with E-state index in [0.717, 1.165) is 17.1 Å². The topological polar surface area (TPSA) is 101 Å². The Bertz CT molecular complexity index is 905. The van der Waals surface area contributed by atoms with Gasteiger partial charge in [0.05, 0.1) is 22.0 Å². The SMILES string of the molecule is C[C@@H](NC(=O)c1ccc(Cl)cc1[N+](=O)[O-])c1nc2ccccc2[nH]1. The number of aromatic nitrogens is 2. The molecule has 7 nitrogen and oxygen atoms in total. The van der Waals surface area contributed by atoms with Crippen molar-refractivity contribution in [2.45, 2.75) is 13.0 Å². The number of halogens is 1. The maximum atomic E-state index is 12.4. The maximum Gasteiger partial charge on any atom is 0.283 e. The van der Waals surface area contributed by atoms with Crippen LogP contribution in [0, 0.1) is 10.1 Å². The van der Waals surface area contributed by atoms with Crippen molar-refractivity contribution in [2.75, 3.05) is 0 Å². The summed E-state index contributed by atoms with van der Waals surface area (Å²) in [5, 5.41) is 14.0. The Morgan fingerprint density at radius 2 is 2.08 bits per heavy atom. The summed E-state index contributed by atoms with van der Waals surface area (Å²) in [5.74, 6) is 0.00693. The smallest absolute Gasteiger partial charge is 0.283 e. The van der Waals surface area contributed by atoms with Crippen molar-refractivity contribution in [3.63, 3.8) is 0 Å². The number of benzene rings is 2. The number of aromatic amines is 1. The molecule has 0 aliphatic heterocycles. The first kappa shape index (κ1) is 15.9. The third-order valence-corrected chi connectivity index (χ3v) is 3.80. The molecule has 3 rings (SSSR count). The van der Waals surface area contributed by atoms with Gasteiger partial charge in [-0.2, -0.15) is 0 Å². The van der Waals surface area contributed by atoms with Gasteiger partial charge in [0.15, 0.2) is 0 Å². The third-order valence-electron chi connectivity index (χ3n) is 3.57. The fourth-order valence-corrected chi connectivity index (χ4v) is 2.53. The Morgan fingerprint density at radius 3 is 2.79 bits per heavy atom. The number of carbonyl (C=O) groups excluding carboxylic acids is 1. The lowest BCUT2D eigenvalue weighted by molar-refractivity contribution is -0.385. The van der Waals surface area contributed by atoms with Gasteiger partial charge in [0.25, 0.3) is 11.6 Å². The van der Waals surface area contributed by atoms with Crippen LogP contribution in [0.3, 0.4) is 0 Å². The highest BCUT2D eigenvalue weighted by atomic mass is 35.5. The summed E-state index contributed by atoms with van der Waals surface area (Å²) in [7, 11) is 0. The molecule has 1 atom stereocenters. The van der Waals surface area contributed by atoms with Gasteiger partial charge in [-0.25, -0.2) is 4.98 Å². The number of nitrogens with zero attached hydrogens (tertiary/aromatic N) is 2. The molecule has 1 heterocycles. The highest BCUT2D eigenvalue weighted by Crippen LogP contribution is 2.24. The summed E-state index contributed by atoms with van der Waals surface area (Å²) in [5.41, 5.74) is 1.25. The Labute approximate surface area is 141 Å². The number of nitro benzene ring substituents is 1. The van der Waals surface area contributed by atoms with Gasteiger partial charge in [-0.15, -0.1) is 0 Å². The molecule has 2 N–H and O–H groups in total. The van der Waals surface area contributed by atoms with Crippen LogP contribution >= 0.6 is 11.6 Å². The molecule has 0 saturated heterocycles. The molecular weight excluding hydrogens is 332 g/mol. The Morgan fingerprint density at radius 1 is 1.33 bits per heavy atom. The summed E-state index contributed by atoms with van der Waals surface area (Å²) in [6.07, 6.45) is 0. The van der Waals surface area contributed by atoms with Gasteiger partial charge in [-0.3, -0.25) is 14.9 Å². The van der Waals surface area contributed by atoms with Gasteiger partial charge >= 0.3 is 0 Å². The number of hydrogen-bond donors (Lipinski definition) is 2. The standard InChI is InChI=1S/C16H13ClN4O3/c1-9(15-19-12-4-2-3-5-13(12)20-15)18-16(22)11-7-6-10(17)8-14(11)21(23)24/h2-9H,1H3,(H,18,22)(H,19,20)/t9-/m1/s1. The molecule has 0 spiro atoms. The fourth-order valence-electron chi connectivity index (χ4n) is 2.37. The number of carbonyl (C=O) groups is 1. The minimum Gasteiger partial charge on any atom is -0.342 e. The van der Waals surface area contributed by atoms with Crippen molar-refractivity contribution >= 4 is 34.2 Å². The number of nitro groups is 1. The van der Waals surface area contributed by atoms with Crippen molar-refractivity contribution < 1.29 is 9.72 Å². The highest BCUT2D eigenvalue weighted by molar-refractivity contribution is 6.31. The zero-order valence-electron chi connectivity index (χ0n) is 12.6. The summed E-state index contributed by atoms with van der Waals surface area (Å²) in [6, 6.07) is 11.0. The van der Waals surface area contributed by atoms with E-state index in [2.05, 4.69) is 15.3 Å². The van der Waals surface area contributed by atoms with E-state index < -0.39 is 16.9 Å². The van der Waals surface area contributed by atoms with Crippen LogP contribution in [0.25, 0.3) is 11.0 Å². The van der Waals surface area contributed by atoms with Crippen LogP contribution in [0.2, 0.25) is 5.02 Å². The quantitative estimate of drug-likeness (QED) is 0.557. The van der Waals surface area contributed by atoms with Crippen LogP contribution < -0.4 is 5.32 Å². The Hall–Kier alpha value is -2.93. The van der Waals surface area contributed by atoms with Gasteiger partial charge in [-0.05, 0) is 31.2 Å². The molecule has 1 aromatic heterocycles. The van der Waals surface area contributed by atoms with Gasteiger partial charge in [0.2, 0.25) is 0 Å². The molecule has 0 bridgehead atoms. The molecule has 2 aromatic carbocycles. The lowest BCUT2D eigenvalue weighted by Crippen LogP contribution is -2.28. The van der Waals surface area contributed by atoms with Crippen molar-refractivity contribution in [3.8, 4) is 0 Å².